The van der Waals surface area contributed by atoms with Gasteiger partial charge >= 0.3 is 0 Å². The zero-order valence-electron chi connectivity index (χ0n) is 86.3. The molecule has 0 spiro atoms. The number of allylic oxidation sites excluding steroid dienone is 22. The van der Waals surface area contributed by atoms with Crippen LogP contribution in [0.25, 0.3) is 24.3 Å². The predicted octanol–water partition coefficient (Wildman–Crippen LogP) is 25.8. The van der Waals surface area contributed by atoms with Gasteiger partial charge in [0, 0.05) is 98.9 Å². The normalized spacial score (nSPS) is 18.4. The van der Waals surface area contributed by atoms with Gasteiger partial charge in [-0.1, -0.05) is 205 Å². The Kier molecular flexibility index (Phi) is 27.8. The van der Waals surface area contributed by atoms with Gasteiger partial charge in [-0.05, 0) is 332 Å². The standard InChI is InChI=1S/C35H33N3O3.C34H31N3O3.C33H33NO3.C26H23NO3/c1-24-21-26(23-29(41-24)17-15-25-16-18-31-30(22-25)35(2,3)19-20-36(31)4)32-33(39)37(27-11-7-5-8-12-27)38(34(32)40)28-13-9-6-10-14-28;1-3-35-20-10-11-26-22-25(17-19-31(26)35)16-18-30-23-27(21-24(2)40-30)32-33(38)36(28-12-6-4-7-13-28)37(34(32)39)29-14-8-5-9-15-29;1-20-16-22(28-30(35)24-8-6-7-9-25(24)31(28)36)19-23(37-20)11-10-21-17-26-29-27(18-21)33(4,5)13-15-34(29)14-12-32(26,2)3;1-16-13-20(27(3)4)11-9-18(16)10-12-21-15-19(14-17(2)30-21)24-25(28)22-7-5-6-8-23(22)26(24)29/h5-18,21-23H,19-20H2,1-4H3;4-9,12-19,21-23H,3,10-11,20H2,1-2H3;6-11,16-19H,12-15H2,1-5H3;5-15H,1-4H3/b17-15+;18-16+;11-10+;12-10+. The second-order valence-electron chi connectivity index (χ2n) is 41.0. The maximum Gasteiger partial charge on any atom is 0.283 e. The number of aryl methyl sites for hydroxylation is 2. The van der Waals surface area contributed by atoms with Crippen molar-refractivity contribution in [2.24, 2.45) is 0 Å². The highest BCUT2D eigenvalue weighted by Crippen LogP contribution is 2.51. The first-order valence-corrected chi connectivity index (χ1v) is 50.6. The van der Waals surface area contributed by atoms with Crippen molar-refractivity contribution in [3.8, 4) is 0 Å². The SMILES string of the molecule is CC1=CC(=C2C(=O)N(c3ccccc3)N(c3ccccc3)C2=O)C=C(/C=C/c2ccc3c(c2)C(C)(C)CCN3C)O1.CC1=CC(=C2C(=O)c3ccccc3C2=O)C=C(/C=C/c2cc3c4c(c2)C(C)(C)CCN4CCC3(C)C)O1.CC1=CC(=C2C(=O)c3ccccc3C2=O)C=C(/C=C/c2ccc(N(C)C)cc2C)O1.CCN1CCCc2cc(/C=C/C3=CC(=C4C(=O)N(c5ccccc5)N(c5ccccc5)C4=O)C=C(C)O3)ccc21. The third-order valence-electron chi connectivity index (χ3n) is 29.0. The van der Waals surface area contributed by atoms with Gasteiger partial charge < -0.3 is 38.5 Å². The number of carbonyl (C=O) groups is 8. The molecule has 0 saturated carbocycles. The minimum Gasteiger partial charge on any atom is -0.462 e. The summed E-state index contributed by atoms with van der Waals surface area (Å²) in [6.45, 7) is 30.9. The third-order valence-corrected chi connectivity index (χ3v) is 29.0. The minimum absolute atomic E-state index is 0.0989. The zero-order chi connectivity index (χ0) is 104. The fourth-order valence-corrected chi connectivity index (χ4v) is 21.0. The van der Waals surface area contributed by atoms with Gasteiger partial charge in [0.25, 0.3) is 23.6 Å². The van der Waals surface area contributed by atoms with E-state index >= 15 is 0 Å². The van der Waals surface area contributed by atoms with Crippen molar-refractivity contribution in [1.82, 2.24) is 0 Å². The average molecular weight is 1960 g/mol. The molecule has 10 heterocycles. The molecule has 0 radical (unpaired) electrons. The van der Waals surface area contributed by atoms with Crippen LogP contribution in [0, 0.1) is 6.92 Å². The number of benzene rings is 10. The summed E-state index contributed by atoms with van der Waals surface area (Å²) in [6.07, 6.45) is 35.4. The lowest BCUT2D eigenvalue weighted by atomic mass is 9.69. The van der Waals surface area contributed by atoms with E-state index in [1.54, 1.807) is 97.1 Å². The van der Waals surface area contributed by atoms with Crippen LogP contribution in [0.1, 0.15) is 193 Å². The third kappa shape index (κ3) is 20.1. The van der Waals surface area contributed by atoms with Crippen molar-refractivity contribution in [1.29, 1.82) is 0 Å². The molecular formula is C128H120N8O12. The van der Waals surface area contributed by atoms with Gasteiger partial charge in [-0.15, -0.1) is 0 Å². The molecule has 22 rings (SSSR count). The highest BCUT2D eigenvalue weighted by molar-refractivity contribution is 6.42. The number of rotatable bonds is 14. The molecule has 10 aromatic carbocycles. The molecule has 20 nitrogen and oxygen atoms in total. The summed E-state index contributed by atoms with van der Waals surface area (Å²) in [6, 6.07) is 74.8. The molecule has 2 aliphatic carbocycles. The van der Waals surface area contributed by atoms with E-state index in [9.17, 15) is 38.4 Å². The molecule has 0 atom stereocenters. The van der Waals surface area contributed by atoms with Crippen LogP contribution in [0.2, 0.25) is 0 Å². The molecular weight excluding hydrogens is 1840 g/mol. The summed E-state index contributed by atoms with van der Waals surface area (Å²) >= 11 is 0. The van der Waals surface area contributed by atoms with Gasteiger partial charge in [0.2, 0.25) is 0 Å². The molecule has 12 aliphatic rings. The number of hydrogen-bond acceptors (Lipinski definition) is 16. The van der Waals surface area contributed by atoms with Crippen LogP contribution >= 0.6 is 0 Å². The van der Waals surface area contributed by atoms with E-state index < -0.39 is 0 Å². The minimum atomic E-state index is -0.383. The lowest BCUT2D eigenvalue weighted by Gasteiger charge is -2.48. The second-order valence-corrected chi connectivity index (χ2v) is 41.0. The number of anilines is 8. The van der Waals surface area contributed by atoms with E-state index in [2.05, 4.69) is 155 Å². The van der Waals surface area contributed by atoms with Gasteiger partial charge in [-0.25, -0.2) is 20.0 Å². The molecule has 10 aliphatic heterocycles. The van der Waals surface area contributed by atoms with Crippen molar-refractivity contribution in [3.05, 3.63) is 472 Å². The molecule has 2 fully saturated rings. The van der Waals surface area contributed by atoms with E-state index in [1.165, 1.54) is 59.4 Å². The van der Waals surface area contributed by atoms with E-state index in [0.29, 0.717) is 113 Å². The molecule has 4 amide bonds. The molecule has 10 aromatic rings. The molecule has 148 heavy (non-hydrogen) atoms. The van der Waals surface area contributed by atoms with E-state index in [-0.39, 0.29) is 85.3 Å². The maximum absolute atomic E-state index is 13.9. The summed E-state index contributed by atoms with van der Waals surface area (Å²) in [5.74, 6) is 2.42. The van der Waals surface area contributed by atoms with Crippen LogP contribution in [0.15, 0.2) is 400 Å². The first kappa shape index (κ1) is 99.7. The number of hydrazine groups is 2. The Morgan fingerprint density at radius 2 is 0.676 bits per heavy atom. The van der Waals surface area contributed by atoms with Crippen LogP contribution in [0.3, 0.4) is 0 Å². The number of para-hydroxylation sites is 4. The van der Waals surface area contributed by atoms with Crippen LogP contribution in [-0.4, -0.2) is 101 Å². The Hall–Kier alpha value is -17.0. The molecule has 744 valence electrons. The lowest BCUT2D eigenvalue weighted by molar-refractivity contribution is -0.118. The number of ether oxygens (including phenoxy) is 4. The highest BCUT2D eigenvalue weighted by Gasteiger charge is 2.48. The number of amides is 4. The quantitative estimate of drug-likeness (QED) is 0.0735. The van der Waals surface area contributed by atoms with E-state index in [4.69, 9.17) is 18.9 Å². The second kappa shape index (κ2) is 41.3. The van der Waals surface area contributed by atoms with Crippen molar-refractivity contribution in [2.45, 2.75) is 131 Å². The maximum atomic E-state index is 13.9. The molecule has 0 unspecified atom stereocenters. The Balaban J connectivity index is 0.000000125. The van der Waals surface area contributed by atoms with Crippen LogP contribution < -0.4 is 39.6 Å². The van der Waals surface area contributed by atoms with Crippen LogP contribution in [-0.2, 0) is 60.8 Å². The fourth-order valence-electron chi connectivity index (χ4n) is 21.0. The Labute approximate surface area is 865 Å². The number of Topliss-reactive ketones (excluding diaryl/α,β-unsaturated/α-hetero) is 4. The van der Waals surface area contributed by atoms with Crippen molar-refractivity contribution >= 4 is 117 Å². The summed E-state index contributed by atoms with van der Waals surface area (Å²) in [4.78, 5) is 117. The molecule has 0 aromatic heterocycles. The van der Waals surface area contributed by atoms with Gasteiger partial charge in [-0.3, -0.25) is 38.4 Å². The largest absolute Gasteiger partial charge is 0.462 e. The molecule has 0 bridgehead atoms. The fraction of sp³-hybridized carbons (Fsp3) is 0.219. The summed E-state index contributed by atoms with van der Waals surface area (Å²) in [5, 5.41) is 5.76. The van der Waals surface area contributed by atoms with Crippen molar-refractivity contribution in [2.75, 3.05) is 93.5 Å². The summed E-state index contributed by atoms with van der Waals surface area (Å²) < 4.78 is 23.8. The summed E-state index contributed by atoms with van der Waals surface area (Å²) in [7, 11) is 6.16. The highest BCUT2D eigenvalue weighted by atomic mass is 16.5. The smallest absolute Gasteiger partial charge is 0.283 e. The number of nitrogens with zero attached hydrogens (tertiary/aromatic N) is 8. The zero-order valence-corrected chi connectivity index (χ0v) is 86.3. The van der Waals surface area contributed by atoms with E-state index in [1.807, 2.05) is 206 Å². The number of fused-ring (bicyclic) bond motifs is 4. The van der Waals surface area contributed by atoms with Crippen molar-refractivity contribution < 1.29 is 57.3 Å². The predicted molar refractivity (Wildman–Crippen MR) is 591 cm³/mol. The monoisotopic (exact) mass is 1960 g/mol. The topological polar surface area (TPSA) is 199 Å². The Bertz CT molecular complexity index is 7490. The van der Waals surface area contributed by atoms with Crippen molar-refractivity contribution in [3.63, 3.8) is 0 Å². The van der Waals surface area contributed by atoms with Gasteiger partial charge in [0.15, 0.2) is 23.1 Å². The number of carbonyl (C=O) groups excluding carboxylic acids is 8. The Morgan fingerprint density at radius 3 is 1.05 bits per heavy atom. The van der Waals surface area contributed by atoms with Gasteiger partial charge in [0.05, 0.1) is 33.9 Å². The van der Waals surface area contributed by atoms with Crippen LogP contribution in [0.4, 0.5) is 45.5 Å². The van der Waals surface area contributed by atoms with Gasteiger partial charge in [-0.2, -0.15) is 0 Å². The molecule has 20 heteroatoms. The van der Waals surface area contributed by atoms with Crippen LogP contribution in [0.5, 0.6) is 0 Å². The summed E-state index contributed by atoms with van der Waals surface area (Å²) in [5.41, 5.74) is 23.7. The first-order valence-electron chi connectivity index (χ1n) is 50.6. The van der Waals surface area contributed by atoms with Gasteiger partial charge in [0.1, 0.15) is 57.2 Å². The number of ketones is 4. The number of hydrogen-bond donors (Lipinski definition) is 0. The average Bonchev–Trinajstić information content (AvgIpc) is 1.50. The lowest BCUT2D eigenvalue weighted by Crippen LogP contribution is -2.44. The first-order chi connectivity index (χ1) is 71.1. The van der Waals surface area contributed by atoms with E-state index in [0.717, 1.165) is 98.3 Å². The molecule has 2 saturated heterocycles. The molecule has 0 N–H and O–H groups in total. The Morgan fingerprint density at radius 1 is 0.338 bits per heavy atom.